The van der Waals surface area contributed by atoms with Crippen LogP contribution in [0.25, 0.3) is 11.3 Å². The van der Waals surface area contributed by atoms with Gasteiger partial charge < -0.3 is 4.90 Å². The Hall–Kier alpha value is -2.55. The van der Waals surface area contributed by atoms with Crippen molar-refractivity contribution in [2.75, 3.05) is 31.1 Å². The molecule has 0 unspecified atom stereocenters. The zero-order valence-corrected chi connectivity index (χ0v) is 18.8. The number of rotatable bonds is 4. The maximum Gasteiger partial charge on any atom is 0.243 e. The second-order valence-corrected chi connectivity index (χ2v) is 9.91. The van der Waals surface area contributed by atoms with Crippen LogP contribution in [0.2, 0.25) is 5.02 Å². The number of aromatic nitrogens is 2. The van der Waals surface area contributed by atoms with Crippen molar-refractivity contribution in [1.29, 1.82) is 0 Å². The minimum atomic E-state index is -3.74. The molecular weight excluding hydrogens is 439 g/mol. The minimum Gasteiger partial charge on any atom is -0.352 e. The number of nitrogens with zero attached hydrogens (tertiary/aromatic N) is 4. The molecule has 1 saturated heterocycles. The molecule has 6 nitrogen and oxygen atoms in total. The van der Waals surface area contributed by atoms with Crippen LogP contribution in [-0.4, -0.2) is 49.1 Å². The molecule has 1 aliphatic heterocycles. The summed E-state index contributed by atoms with van der Waals surface area (Å²) in [5.74, 6) is 0.0590. The molecule has 2 heterocycles. The molecule has 0 saturated carbocycles. The van der Waals surface area contributed by atoms with Gasteiger partial charge in [0.05, 0.1) is 15.6 Å². The molecule has 31 heavy (non-hydrogen) atoms. The molecule has 9 heteroatoms. The van der Waals surface area contributed by atoms with Crippen LogP contribution in [0.3, 0.4) is 0 Å². The van der Waals surface area contributed by atoms with Gasteiger partial charge in [0.1, 0.15) is 5.82 Å². The molecule has 1 fully saturated rings. The molecule has 0 bridgehead atoms. The zero-order chi connectivity index (χ0) is 22.2. The molecule has 1 aromatic heterocycles. The first-order chi connectivity index (χ1) is 14.8. The van der Waals surface area contributed by atoms with Gasteiger partial charge in [-0.25, -0.2) is 12.8 Å². The fourth-order valence-corrected chi connectivity index (χ4v) is 5.38. The fraction of sp³-hybridized carbons (Fsp3) is 0.273. The summed E-state index contributed by atoms with van der Waals surface area (Å²) in [6, 6.07) is 13.5. The second kappa shape index (κ2) is 8.53. The summed E-state index contributed by atoms with van der Waals surface area (Å²) in [7, 11) is -3.74. The van der Waals surface area contributed by atoms with Crippen molar-refractivity contribution >= 4 is 27.4 Å². The predicted octanol–water partition coefficient (Wildman–Crippen LogP) is 4.06. The molecule has 0 N–H and O–H groups in total. The molecule has 4 rings (SSSR count). The van der Waals surface area contributed by atoms with Crippen LogP contribution in [0.4, 0.5) is 10.2 Å². The topological polar surface area (TPSA) is 66.4 Å². The summed E-state index contributed by atoms with van der Waals surface area (Å²) in [5.41, 5.74) is 4.18. The van der Waals surface area contributed by atoms with Crippen LogP contribution in [-0.2, 0) is 10.0 Å². The van der Waals surface area contributed by atoms with Crippen molar-refractivity contribution in [3.8, 4) is 11.3 Å². The van der Waals surface area contributed by atoms with Gasteiger partial charge in [-0.05, 0) is 49.7 Å². The molecule has 0 atom stereocenters. The van der Waals surface area contributed by atoms with Gasteiger partial charge in [-0.2, -0.15) is 4.31 Å². The molecule has 0 aliphatic carbocycles. The van der Waals surface area contributed by atoms with Crippen molar-refractivity contribution in [3.05, 3.63) is 70.5 Å². The quantitative estimate of drug-likeness (QED) is 0.587. The summed E-state index contributed by atoms with van der Waals surface area (Å²) in [5, 5.41) is 8.52. The maximum absolute atomic E-state index is 13.4. The van der Waals surface area contributed by atoms with E-state index < -0.39 is 15.8 Å². The largest absolute Gasteiger partial charge is 0.352 e. The van der Waals surface area contributed by atoms with Gasteiger partial charge in [-0.3, -0.25) is 0 Å². The molecular formula is C22H22ClFN4O2S. The van der Waals surface area contributed by atoms with E-state index in [0.717, 1.165) is 29.0 Å². The van der Waals surface area contributed by atoms with Crippen LogP contribution in [0.1, 0.15) is 11.1 Å². The van der Waals surface area contributed by atoms with Crippen molar-refractivity contribution in [1.82, 2.24) is 14.5 Å². The molecule has 0 spiro atoms. The molecule has 3 aromatic rings. The third-order valence-electron chi connectivity index (χ3n) is 5.40. The first-order valence-corrected chi connectivity index (χ1v) is 11.7. The van der Waals surface area contributed by atoms with Gasteiger partial charge >= 0.3 is 0 Å². The standard InChI is InChI=1S/C22H22ClFN4O2S/c1-15-3-5-18(16(2)13-15)21-7-8-22(26-25-21)27-9-11-28(12-10-27)31(29,30)17-4-6-20(24)19(23)14-17/h3-8,13-14H,9-12H2,1-2H3. The highest BCUT2D eigenvalue weighted by atomic mass is 35.5. The van der Waals surface area contributed by atoms with Gasteiger partial charge in [0.15, 0.2) is 5.82 Å². The number of halogens is 2. The molecule has 2 aromatic carbocycles. The highest BCUT2D eigenvalue weighted by molar-refractivity contribution is 7.89. The van der Waals surface area contributed by atoms with E-state index in [4.69, 9.17) is 11.6 Å². The summed E-state index contributed by atoms with van der Waals surface area (Å²) in [4.78, 5) is 1.99. The average Bonchev–Trinajstić information content (AvgIpc) is 2.76. The lowest BCUT2D eigenvalue weighted by Crippen LogP contribution is -2.49. The summed E-state index contributed by atoms with van der Waals surface area (Å²) < 4.78 is 40.5. The Balaban J connectivity index is 1.45. The summed E-state index contributed by atoms with van der Waals surface area (Å²) >= 11 is 5.76. The summed E-state index contributed by atoms with van der Waals surface area (Å²) in [6.07, 6.45) is 0. The second-order valence-electron chi connectivity index (χ2n) is 7.56. The van der Waals surface area contributed by atoms with E-state index in [2.05, 4.69) is 23.2 Å². The number of hydrogen-bond acceptors (Lipinski definition) is 5. The fourth-order valence-electron chi connectivity index (χ4n) is 3.68. The van der Waals surface area contributed by atoms with Crippen molar-refractivity contribution in [2.24, 2.45) is 0 Å². The van der Waals surface area contributed by atoms with Gasteiger partial charge in [0, 0.05) is 31.7 Å². The lowest BCUT2D eigenvalue weighted by Gasteiger charge is -2.34. The van der Waals surface area contributed by atoms with E-state index in [-0.39, 0.29) is 23.0 Å². The van der Waals surface area contributed by atoms with Crippen LogP contribution in [0.5, 0.6) is 0 Å². The normalized spacial score (nSPS) is 15.3. The zero-order valence-electron chi connectivity index (χ0n) is 17.2. The monoisotopic (exact) mass is 460 g/mol. The van der Waals surface area contributed by atoms with Crippen molar-refractivity contribution in [2.45, 2.75) is 18.7 Å². The SMILES string of the molecule is Cc1ccc(-c2ccc(N3CCN(S(=O)(=O)c4ccc(F)c(Cl)c4)CC3)nn2)c(C)c1. The first kappa shape index (κ1) is 21.7. The number of piperazine rings is 1. The molecule has 0 amide bonds. The smallest absolute Gasteiger partial charge is 0.243 e. The lowest BCUT2D eigenvalue weighted by atomic mass is 10.0. The number of aryl methyl sites for hydroxylation is 2. The van der Waals surface area contributed by atoms with E-state index in [9.17, 15) is 12.8 Å². The first-order valence-electron chi connectivity index (χ1n) is 9.87. The Morgan fingerprint density at radius 3 is 2.29 bits per heavy atom. The molecule has 0 radical (unpaired) electrons. The van der Waals surface area contributed by atoms with E-state index in [1.54, 1.807) is 0 Å². The third-order valence-corrected chi connectivity index (χ3v) is 7.58. The third kappa shape index (κ3) is 4.42. The Bertz CT molecular complexity index is 1210. The van der Waals surface area contributed by atoms with Gasteiger partial charge in [-0.15, -0.1) is 10.2 Å². The van der Waals surface area contributed by atoms with Crippen LogP contribution < -0.4 is 4.90 Å². The van der Waals surface area contributed by atoms with Gasteiger partial charge in [0.2, 0.25) is 10.0 Å². The van der Waals surface area contributed by atoms with E-state index in [0.29, 0.717) is 18.9 Å². The van der Waals surface area contributed by atoms with E-state index >= 15 is 0 Å². The lowest BCUT2D eigenvalue weighted by molar-refractivity contribution is 0.383. The highest BCUT2D eigenvalue weighted by Crippen LogP contribution is 2.26. The number of anilines is 1. The Morgan fingerprint density at radius 2 is 1.68 bits per heavy atom. The molecule has 1 aliphatic rings. The van der Waals surface area contributed by atoms with Gasteiger partial charge in [-0.1, -0.05) is 35.4 Å². The van der Waals surface area contributed by atoms with Crippen LogP contribution in [0.15, 0.2) is 53.4 Å². The Morgan fingerprint density at radius 1 is 0.935 bits per heavy atom. The van der Waals surface area contributed by atoms with E-state index in [1.807, 2.05) is 36.1 Å². The highest BCUT2D eigenvalue weighted by Gasteiger charge is 2.29. The van der Waals surface area contributed by atoms with E-state index in [1.165, 1.54) is 15.9 Å². The summed E-state index contributed by atoms with van der Waals surface area (Å²) in [6.45, 7) is 5.63. The van der Waals surface area contributed by atoms with Crippen LogP contribution in [0, 0.1) is 19.7 Å². The Labute approximate surface area is 186 Å². The van der Waals surface area contributed by atoms with Gasteiger partial charge in [0.25, 0.3) is 0 Å². The Kier molecular flexibility index (Phi) is 5.96. The average molecular weight is 461 g/mol. The predicted molar refractivity (Wildman–Crippen MR) is 119 cm³/mol. The number of benzene rings is 2. The van der Waals surface area contributed by atoms with Crippen LogP contribution >= 0.6 is 11.6 Å². The molecule has 162 valence electrons. The van der Waals surface area contributed by atoms with Crippen molar-refractivity contribution in [3.63, 3.8) is 0 Å². The van der Waals surface area contributed by atoms with Crippen molar-refractivity contribution < 1.29 is 12.8 Å². The maximum atomic E-state index is 13.4. The minimum absolute atomic E-state index is 0.00929. The number of sulfonamides is 1. The number of hydrogen-bond donors (Lipinski definition) is 0.